The summed E-state index contributed by atoms with van der Waals surface area (Å²) < 4.78 is 33.9. The number of hydrogen-bond donors (Lipinski definition) is 0. The second kappa shape index (κ2) is 8.96. The van der Waals surface area contributed by atoms with E-state index in [4.69, 9.17) is 4.74 Å². The number of ether oxygens (including phenoxy) is 1. The van der Waals surface area contributed by atoms with Crippen molar-refractivity contribution < 1.29 is 17.9 Å². The average molecular weight is 521 g/mol. The Kier molecular flexibility index (Phi) is 6.59. The molecule has 0 saturated carbocycles. The van der Waals surface area contributed by atoms with Gasteiger partial charge in [0.05, 0.1) is 22.8 Å². The van der Waals surface area contributed by atoms with E-state index in [1.54, 1.807) is 60.7 Å². The fraction of sp³-hybridized carbons (Fsp3) is 0.136. The standard InChI is InChI=1S/C22H20INO4S/c1-3-28-18-12-10-17(11-13-18)24(22(25)20-6-4-5-7-21(20)23)29(26,27)19-14-8-16(2)9-15-19/h4-15H,3H2,1-2H3. The minimum absolute atomic E-state index is 0.0521. The fourth-order valence-electron chi connectivity index (χ4n) is 2.77. The maximum absolute atomic E-state index is 13.5. The van der Waals surface area contributed by atoms with E-state index < -0.39 is 15.9 Å². The summed E-state index contributed by atoms with van der Waals surface area (Å²) in [6, 6.07) is 19.8. The first-order valence-corrected chi connectivity index (χ1v) is 11.5. The van der Waals surface area contributed by atoms with Gasteiger partial charge in [0.1, 0.15) is 5.75 Å². The monoisotopic (exact) mass is 521 g/mol. The van der Waals surface area contributed by atoms with Crippen LogP contribution in [0.5, 0.6) is 5.75 Å². The average Bonchev–Trinajstić information content (AvgIpc) is 2.70. The summed E-state index contributed by atoms with van der Waals surface area (Å²) in [6.45, 7) is 4.23. The summed E-state index contributed by atoms with van der Waals surface area (Å²) in [6.07, 6.45) is 0. The molecule has 0 saturated heterocycles. The van der Waals surface area contributed by atoms with Gasteiger partial charge in [-0.3, -0.25) is 4.79 Å². The smallest absolute Gasteiger partial charge is 0.273 e. The Balaban J connectivity index is 2.14. The molecule has 0 heterocycles. The number of sulfonamides is 1. The van der Waals surface area contributed by atoms with Gasteiger partial charge in [-0.15, -0.1) is 0 Å². The molecule has 150 valence electrons. The molecule has 0 spiro atoms. The van der Waals surface area contributed by atoms with Crippen LogP contribution in [0.1, 0.15) is 22.8 Å². The van der Waals surface area contributed by atoms with Gasteiger partial charge in [-0.25, -0.2) is 8.42 Å². The summed E-state index contributed by atoms with van der Waals surface area (Å²) in [5.41, 5.74) is 1.50. The Morgan fingerprint density at radius 3 is 2.17 bits per heavy atom. The number of benzene rings is 3. The van der Waals surface area contributed by atoms with Gasteiger partial charge in [0.25, 0.3) is 15.9 Å². The predicted molar refractivity (Wildman–Crippen MR) is 122 cm³/mol. The minimum atomic E-state index is -4.12. The van der Waals surface area contributed by atoms with Gasteiger partial charge in [-0.05, 0) is 85.0 Å². The van der Waals surface area contributed by atoms with Crippen LogP contribution in [0, 0.1) is 10.5 Å². The first-order chi connectivity index (χ1) is 13.8. The molecule has 0 atom stereocenters. The van der Waals surface area contributed by atoms with Crippen molar-refractivity contribution in [1.82, 2.24) is 0 Å². The molecule has 0 radical (unpaired) electrons. The predicted octanol–water partition coefficient (Wildman–Crippen LogP) is 5.03. The third-order valence-corrected chi connectivity index (χ3v) is 6.90. The Morgan fingerprint density at radius 1 is 0.966 bits per heavy atom. The highest BCUT2D eigenvalue weighted by Crippen LogP contribution is 2.29. The van der Waals surface area contributed by atoms with Crippen LogP contribution in [0.2, 0.25) is 0 Å². The molecule has 0 bridgehead atoms. The fourth-order valence-corrected chi connectivity index (χ4v) is 4.79. The molecule has 0 fully saturated rings. The zero-order chi connectivity index (χ0) is 21.0. The molecule has 0 aromatic heterocycles. The quantitative estimate of drug-likeness (QED) is 0.427. The Bertz CT molecular complexity index is 1110. The van der Waals surface area contributed by atoms with Gasteiger partial charge < -0.3 is 4.74 Å². The van der Waals surface area contributed by atoms with Crippen LogP contribution in [0.15, 0.2) is 77.7 Å². The molecule has 3 rings (SSSR count). The van der Waals surface area contributed by atoms with Crippen molar-refractivity contribution in [3.05, 3.63) is 87.5 Å². The molecule has 3 aromatic carbocycles. The minimum Gasteiger partial charge on any atom is -0.494 e. The van der Waals surface area contributed by atoms with Crippen molar-refractivity contribution in [2.24, 2.45) is 0 Å². The number of hydrogen-bond acceptors (Lipinski definition) is 4. The SMILES string of the molecule is CCOc1ccc(N(C(=O)c2ccccc2I)S(=O)(=O)c2ccc(C)cc2)cc1. The molecule has 0 aliphatic rings. The third-order valence-electron chi connectivity index (χ3n) is 4.23. The topological polar surface area (TPSA) is 63.7 Å². The number of halogens is 1. The van der Waals surface area contributed by atoms with E-state index in [-0.39, 0.29) is 10.6 Å². The summed E-state index contributed by atoms with van der Waals surface area (Å²) in [5, 5.41) is 0. The number of anilines is 1. The van der Waals surface area contributed by atoms with Crippen molar-refractivity contribution in [3.63, 3.8) is 0 Å². The van der Waals surface area contributed by atoms with Crippen LogP contribution in [0.25, 0.3) is 0 Å². The zero-order valence-corrected chi connectivity index (χ0v) is 19.0. The number of amides is 1. The van der Waals surface area contributed by atoms with Gasteiger partial charge in [-0.2, -0.15) is 4.31 Å². The third kappa shape index (κ3) is 4.62. The molecule has 0 unspecified atom stereocenters. The molecule has 0 aliphatic carbocycles. The van der Waals surface area contributed by atoms with E-state index in [1.165, 1.54) is 12.1 Å². The molecule has 5 nitrogen and oxygen atoms in total. The summed E-state index contributed by atoms with van der Waals surface area (Å²) >= 11 is 2.03. The van der Waals surface area contributed by atoms with E-state index in [1.807, 2.05) is 36.4 Å². The van der Waals surface area contributed by atoms with E-state index in [9.17, 15) is 13.2 Å². The highest BCUT2D eigenvalue weighted by molar-refractivity contribution is 14.1. The van der Waals surface area contributed by atoms with Gasteiger partial charge >= 0.3 is 0 Å². The molecular formula is C22H20INO4S. The van der Waals surface area contributed by atoms with Gasteiger partial charge in [-0.1, -0.05) is 29.8 Å². The Labute approximate surface area is 184 Å². The highest BCUT2D eigenvalue weighted by Gasteiger charge is 2.32. The van der Waals surface area contributed by atoms with Crippen molar-refractivity contribution in [2.75, 3.05) is 10.9 Å². The van der Waals surface area contributed by atoms with Crippen molar-refractivity contribution >= 4 is 44.2 Å². The Hall–Kier alpha value is -2.39. The van der Waals surface area contributed by atoms with E-state index in [2.05, 4.69) is 0 Å². The van der Waals surface area contributed by atoms with Gasteiger partial charge in [0.15, 0.2) is 0 Å². The maximum Gasteiger partial charge on any atom is 0.273 e. The van der Waals surface area contributed by atoms with Crippen LogP contribution in [-0.4, -0.2) is 20.9 Å². The first kappa shape index (κ1) is 21.3. The second-order valence-electron chi connectivity index (χ2n) is 6.29. The van der Waals surface area contributed by atoms with Crippen LogP contribution >= 0.6 is 22.6 Å². The van der Waals surface area contributed by atoms with E-state index in [0.717, 1.165) is 9.87 Å². The van der Waals surface area contributed by atoms with E-state index >= 15 is 0 Å². The number of carbonyl (C=O) groups is 1. The number of rotatable bonds is 6. The van der Waals surface area contributed by atoms with Crippen molar-refractivity contribution in [3.8, 4) is 5.75 Å². The van der Waals surface area contributed by atoms with Gasteiger partial charge in [0.2, 0.25) is 0 Å². The lowest BCUT2D eigenvalue weighted by atomic mass is 10.2. The molecule has 1 amide bonds. The normalized spacial score (nSPS) is 11.1. The van der Waals surface area contributed by atoms with Gasteiger partial charge in [0, 0.05) is 3.57 Å². The Morgan fingerprint density at radius 2 is 1.59 bits per heavy atom. The molecule has 0 N–H and O–H groups in total. The molecule has 29 heavy (non-hydrogen) atoms. The van der Waals surface area contributed by atoms with Crippen molar-refractivity contribution in [2.45, 2.75) is 18.7 Å². The largest absolute Gasteiger partial charge is 0.494 e. The summed E-state index contributed by atoms with van der Waals surface area (Å²) in [4.78, 5) is 13.4. The lowest BCUT2D eigenvalue weighted by molar-refractivity contribution is 0.100. The summed E-state index contributed by atoms with van der Waals surface area (Å²) in [5.74, 6) is -0.00888. The molecule has 0 aliphatic heterocycles. The number of nitrogens with zero attached hydrogens (tertiary/aromatic N) is 1. The molecule has 7 heteroatoms. The second-order valence-corrected chi connectivity index (χ2v) is 9.24. The maximum atomic E-state index is 13.5. The van der Waals surface area contributed by atoms with Crippen LogP contribution < -0.4 is 9.04 Å². The number of carbonyl (C=O) groups excluding carboxylic acids is 1. The molecular weight excluding hydrogens is 501 g/mol. The summed E-state index contributed by atoms with van der Waals surface area (Å²) in [7, 11) is -4.12. The van der Waals surface area contributed by atoms with Crippen LogP contribution in [0.3, 0.4) is 0 Å². The zero-order valence-electron chi connectivity index (χ0n) is 16.0. The van der Waals surface area contributed by atoms with Crippen LogP contribution in [0.4, 0.5) is 5.69 Å². The van der Waals surface area contributed by atoms with Crippen LogP contribution in [-0.2, 0) is 10.0 Å². The lowest BCUT2D eigenvalue weighted by Gasteiger charge is -2.23. The highest BCUT2D eigenvalue weighted by atomic mass is 127. The lowest BCUT2D eigenvalue weighted by Crippen LogP contribution is -2.37. The first-order valence-electron chi connectivity index (χ1n) is 8.98. The molecule has 3 aromatic rings. The van der Waals surface area contributed by atoms with E-state index in [0.29, 0.717) is 21.5 Å². The number of aryl methyl sites for hydroxylation is 1. The van der Waals surface area contributed by atoms with Crippen molar-refractivity contribution in [1.29, 1.82) is 0 Å².